The smallest absolute Gasteiger partial charge is 0.260 e. The predicted octanol–water partition coefficient (Wildman–Crippen LogP) is 9.46. The molecule has 3 heterocycles. The van der Waals surface area contributed by atoms with Crippen molar-refractivity contribution in [2.45, 2.75) is 103 Å². The van der Waals surface area contributed by atoms with Crippen molar-refractivity contribution in [3.63, 3.8) is 0 Å². The molecular formula is C44H45BN2O2. The zero-order valence-corrected chi connectivity index (χ0v) is 30.1. The molecule has 3 aliphatic heterocycles. The monoisotopic (exact) mass is 644 g/mol. The van der Waals surface area contributed by atoms with Crippen molar-refractivity contribution in [1.29, 1.82) is 0 Å². The number of rotatable bonds is 1. The molecule has 0 unspecified atom stereocenters. The van der Waals surface area contributed by atoms with E-state index in [2.05, 4.69) is 138 Å². The Morgan fingerprint density at radius 3 is 1.76 bits per heavy atom. The van der Waals surface area contributed by atoms with Crippen molar-refractivity contribution in [2.24, 2.45) is 0 Å². The fourth-order valence-electron chi connectivity index (χ4n) is 10.9. The normalized spacial score (nSPS) is 21.6. The Bertz CT molecular complexity index is 2130. The van der Waals surface area contributed by atoms with E-state index in [4.69, 9.17) is 9.47 Å². The van der Waals surface area contributed by atoms with Crippen LogP contribution in [0, 0.1) is 0 Å². The van der Waals surface area contributed by atoms with Gasteiger partial charge in [0.2, 0.25) is 0 Å². The summed E-state index contributed by atoms with van der Waals surface area (Å²) in [5, 5.41) is 3.70. The SMILES string of the molecule is CC1(C)CC(C)(C)c2cc3c(cc21)Oc1cc(N2C4=C(C=CCC4)Nc4ccccc42)cc2c1B3c1cc3c(cc1O2)C(C)(C)CC3(C)C. The van der Waals surface area contributed by atoms with Gasteiger partial charge in [0, 0.05) is 23.3 Å². The zero-order valence-electron chi connectivity index (χ0n) is 30.1. The lowest BCUT2D eigenvalue weighted by atomic mass is 9.34. The molecule has 4 nitrogen and oxygen atoms in total. The third kappa shape index (κ3) is 3.99. The van der Waals surface area contributed by atoms with Gasteiger partial charge in [0.15, 0.2) is 0 Å². The fourth-order valence-corrected chi connectivity index (χ4v) is 10.9. The molecule has 5 heteroatoms. The van der Waals surface area contributed by atoms with E-state index in [1.807, 2.05) is 0 Å². The second-order valence-corrected chi connectivity index (χ2v) is 18.0. The van der Waals surface area contributed by atoms with E-state index >= 15 is 0 Å². The first-order valence-electron chi connectivity index (χ1n) is 18.2. The Labute approximate surface area is 291 Å². The number of nitrogens with zero attached hydrogens (tertiary/aromatic N) is 1. The van der Waals surface area contributed by atoms with Gasteiger partial charge in [-0.15, -0.1) is 0 Å². The lowest BCUT2D eigenvalue weighted by molar-refractivity contribution is 0.402. The maximum absolute atomic E-state index is 7.10. The largest absolute Gasteiger partial charge is 0.458 e. The van der Waals surface area contributed by atoms with Crippen molar-refractivity contribution in [3.8, 4) is 23.0 Å². The average molecular weight is 645 g/mol. The van der Waals surface area contributed by atoms with Gasteiger partial charge in [-0.3, -0.25) is 0 Å². The Morgan fingerprint density at radius 1 is 0.653 bits per heavy atom. The van der Waals surface area contributed by atoms with Crippen molar-refractivity contribution >= 4 is 40.2 Å². The second-order valence-electron chi connectivity index (χ2n) is 18.0. The molecule has 0 fully saturated rings. The van der Waals surface area contributed by atoms with Crippen molar-refractivity contribution < 1.29 is 9.47 Å². The van der Waals surface area contributed by atoms with Gasteiger partial charge in [-0.1, -0.05) is 85.7 Å². The number of para-hydroxylation sites is 2. The molecule has 3 aliphatic carbocycles. The lowest BCUT2D eigenvalue weighted by Gasteiger charge is -2.39. The number of ether oxygens (including phenoxy) is 2. The molecule has 49 heavy (non-hydrogen) atoms. The molecule has 0 bridgehead atoms. The predicted molar refractivity (Wildman–Crippen MR) is 203 cm³/mol. The summed E-state index contributed by atoms with van der Waals surface area (Å²) in [7, 11) is 0. The number of nitrogens with one attached hydrogen (secondary N) is 1. The molecule has 4 aromatic carbocycles. The molecule has 0 saturated heterocycles. The van der Waals surface area contributed by atoms with E-state index in [9.17, 15) is 0 Å². The van der Waals surface area contributed by atoms with E-state index in [-0.39, 0.29) is 28.4 Å². The van der Waals surface area contributed by atoms with Crippen LogP contribution >= 0.6 is 0 Å². The molecule has 4 aromatic rings. The lowest BCUT2D eigenvalue weighted by Crippen LogP contribution is -2.58. The summed E-state index contributed by atoms with van der Waals surface area (Å²) in [6, 6.07) is 22.9. The summed E-state index contributed by atoms with van der Waals surface area (Å²) in [6.45, 7) is 19.2. The number of benzene rings is 4. The quantitative estimate of drug-likeness (QED) is 0.181. The van der Waals surface area contributed by atoms with Gasteiger partial charge >= 0.3 is 0 Å². The van der Waals surface area contributed by atoms with Gasteiger partial charge in [-0.2, -0.15) is 0 Å². The molecule has 0 amide bonds. The minimum absolute atomic E-state index is 0.0314. The maximum atomic E-state index is 7.10. The topological polar surface area (TPSA) is 33.7 Å². The van der Waals surface area contributed by atoms with Gasteiger partial charge in [0.1, 0.15) is 23.0 Å². The highest BCUT2D eigenvalue weighted by atomic mass is 16.5. The van der Waals surface area contributed by atoms with E-state index in [1.165, 1.54) is 38.9 Å². The Morgan fingerprint density at radius 2 is 1.18 bits per heavy atom. The van der Waals surface area contributed by atoms with E-state index in [1.54, 1.807) is 0 Å². The van der Waals surface area contributed by atoms with Gasteiger partial charge in [-0.05, 0) is 111 Å². The highest BCUT2D eigenvalue weighted by Gasteiger charge is 2.49. The van der Waals surface area contributed by atoms with E-state index in [0.717, 1.165) is 76.9 Å². The summed E-state index contributed by atoms with van der Waals surface area (Å²) in [4.78, 5) is 2.43. The Balaban J connectivity index is 1.23. The summed E-state index contributed by atoms with van der Waals surface area (Å²) < 4.78 is 14.2. The molecule has 6 aliphatic rings. The Kier molecular flexibility index (Phi) is 5.57. The number of anilines is 3. The molecule has 0 spiro atoms. The summed E-state index contributed by atoms with van der Waals surface area (Å²) in [6.07, 6.45) is 8.71. The molecule has 0 atom stereocenters. The highest BCUT2D eigenvalue weighted by Crippen LogP contribution is 2.54. The zero-order chi connectivity index (χ0) is 33.8. The second kappa shape index (κ2) is 9.24. The molecule has 0 saturated carbocycles. The number of hydrogen-bond donors (Lipinski definition) is 1. The first-order chi connectivity index (χ1) is 23.2. The number of fused-ring (bicyclic) bond motifs is 7. The third-order valence-electron chi connectivity index (χ3n) is 12.5. The van der Waals surface area contributed by atoms with Crippen LogP contribution in [0.5, 0.6) is 23.0 Å². The standard InChI is InChI=1S/C44H45BN2O2/c1-41(2)23-43(5,6)28-21-36-30(19-26(28)41)45-31-20-27-29(44(7,8)24-42(27,3)4)22-37(31)49-39-18-25(17-38(48-36)40(39)45)47-34-15-11-9-13-32(34)46-33-14-10-12-16-35(33)47/h9-11,13-15,17-22,46H,12,16,23-24H2,1-8H3. The van der Waals surface area contributed by atoms with E-state index in [0.29, 0.717) is 0 Å². The minimum atomic E-state index is 0.0314. The average Bonchev–Trinajstić information content (AvgIpc) is 3.34. The van der Waals surface area contributed by atoms with Crippen molar-refractivity contribution in [1.82, 2.24) is 0 Å². The minimum Gasteiger partial charge on any atom is -0.458 e. The summed E-state index contributed by atoms with van der Waals surface area (Å²) >= 11 is 0. The molecular weight excluding hydrogens is 599 g/mol. The first kappa shape index (κ1) is 29.5. The van der Waals surface area contributed by atoms with Gasteiger partial charge < -0.3 is 19.7 Å². The summed E-state index contributed by atoms with van der Waals surface area (Å²) in [5.41, 5.74) is 15.5. The number of allylic oxidation sites excluding steroid dienone is 3. The molecule has 1 N–H and O–H groups in total. The molecule has 0 radical (unpaired) electrons. The van der Waals surface area contributed by atoms with Crippen LogP contribution in [0.4, 0.5) is 17.1 Å². The van der Waals surface area contributed by atoms with Crippen LogP contribution in [0.3, 0.4) is 0 Å². The van der Waals surface area contributed by atoms with Gasteiger partial charge in [-0.25, -0.2) is 0 Å². The van der Waals surface area contributed by atoms with Crippen LogP contribution in [0.2, 0.25) is 0 Å². The van der Waals surface area contributed by atoms with Gasteiger partial charge in [0.25, 0.3) is 6.71 Å². The Hall–Kier alpha value is -4.38. The van der Waals surface area contributed by atoms with Gasteiger partial charge in [0.05, 0.1) is 22.8 Å². The van der Waals surface area contributed by atoms with Crippen LogP contribution in [0.1, 0.15) is 103 Å². The van der Waals surface area contributed by atoms with Crippen molar-refractivity contribution in [3.05, 3.63) is 106 Å². The summed E-state index contributed by atoms with van der Waals surface area (Å²) in [5.74, 6) is 3.77. The first-order valence-corrected chi connectivity index (χ1v) is 18.2. The molecule has 10 rings (SSSR count). The molecule has 246 valence electrons. The highest BCUT2D eigenvalue weighted by molar-refractivity contribution is 6.98. The maximum Gasteiger partial charge on any atom is 0.260 e. The van der Waals surface area contributed by atoms with E-state index < -0.39 is 0 Å². The van der Waals surface area contributed by atoms with Crippen LogP contribution in [-0.4, -0.2) is 6.71 Å². The van der Waals surface area contributed by atoms with Crippen LogP contribution in [-0.2, 0) is 21.7 Å². The number of hydrogen-bond acceptors (Lipinski definition) is 4. The third-order valence-corrected chi connectivity index (χ3v) is 12.5. The van der Waals surface area contributed by atoms with Crippen molar-refractivity contribution in [2.75, 3.05) is 10.2 Å². The van der Waals surface area contributed by atoms with Crippen LogP contribution in [0.15, 0.2) is 84.2 Å². The van der Waals surface area contributed by atoms with Crippen LogP contribution < -0.4 is 36.1 Å². The fraction of sp³-hybridized carbons (Fsp3) is 0.364. The van der Waals surface area contributed by atoms with Crippen LogP contribution in [0.25, 0.3) is 0 Å². The molecule has 0 aromatic heterocycles.